The van der Waals surface area contributed by atoms with E-state index in [9.17, 15) is 13.6 Å². The molecule has 146 valence electrons. The fourth-order valence-corrected chi connectivity index (χ4v) is 4.97. The number of fused-ring (bicyclic) bond motifs is 3. The van der Waals surface area contributed by atoms with Crippen molar-refractivity contribution >= 4 is 5.91 Å². The van der Waals surface area contributed by atoms with Crippen LogP contribution in [0.15, 0.2) is 36.4 Å². The minimum Gasteiger partial charge on any atom is -0.486 e. The predicted molar refractivity (Wildman–Crippen MR) is 98.7 cm³/mol. The third-order valence-corrected chi connectivity index (χ3v) is 6.16. The molecule has 3 heterocycles. The number of benzene rings is 2. The van der Waals surface area contributed by atoms with Crippen molar-refractivity contribution in [3.8, 4) is 11.5 Å². The third-order valence-electron chi connectivity index (χ3n) is 6.16. The minimum absolute atomic E-state index is 0.00320. The molecule has 2 saturated heterocycles. The summed E-state index contributed by atoms with van der Waals surface area (Å²) in [6, 6.07) is 9.29. The van der Waals surface area contributed by atoms with Gasteiger partial charge in [-0.05, 0) is 61.9 Å². The molecule has 2 bridgehead atoms. The highest BCUT2D eigenvalue weighted by molar-refractivity contribution is 5.95. The standard InChI is InChI=1S/C22H21F2NO3/c23-17-2-1-3-18(24)21(17)14-10-15-5-6-16(11-14)25(15)22(26)13-4-7-19-20(12-13)28-9-8-27-19/h1-4,7,12,14-16H,5-6,8-11H2/t14?,15-,16+. The van der Waals surface area contributed by atoms with Crippen molar-refractivity contribution in [2.75, 3.05) is 13.2 Å². The van der Waals surface area contributed by atoms with Crippen molar-refractivity contribution in [3.63, 3.8) is 0 Å². The van der Waals surface area contributed by atoms with Gasteiger partial charge in [-0.2, -0.15) is 0 Å². The average molecular weight is 385 g/mol. The molecule has 28 heavy (non-hydrogen) atoms. The maximum atomic E-state index is 14.2. The molecule has 0 spiro atoms. The lowest BCUT2D eigenvalue weighted by atomic mass is 9.84. The number of piperidine rings is 1. The lowest BCUT2D eigenvalue weighted by molar-refractivity contribution is 0.0567. The summed E-state index contributed by atoms with van der Waals surface area (Å²) < 4.78 is 39.6. The van der Waals surface area contributed by atoms with E-state index in [-0.39, 0.29) is 29.5 Å². The van der Waals surface area contributed by atoms with Gasteiger partial charge in [0.25, 0.3) is 5.91 Å². The van der Waals surface area contributed by atoms with Crippen molar-refractivity contribution < 1.29 is 23.0 Å². The van der Waals surface area contributed by atoms with Crippen LogP contribution in [0.25, 0.3) is 0 Å². The molecule has 3 aliphatic heterocycles. The molecule has 2 fully saturated rings. The van der Waals surface area contributed by atoms with Crippen LogP contribution in [0, 0.1) is 11.6 Å². The number of rotatable bonds is 2. The molecule has 3 aliphatic rings. The SMILES string of the molecule is O=C(c1ccc2c(c1)OCCO2)N1[C@@H]2CC[C@H]1CC(c1c(F)cccc1F)C2. The second kappa shape index (κ2) is 6.76. The van der Waals surface area contributed by atoms with Crippen LogP contribution in [0.5, 0.6) is 11.5 Å². The first-order valence-corrected chi connectivity index (χ1v) is 9.78. The van der Waals surface area contributed by atoms with E-state index in [1.165, 1.54) is 18.2 Å². The molecule has 3 atom stereocenters. The maximum Gasteiger partial charge on any atom is 0.254 e. The highest BCUT2D eigenvalue weighted by Crippen LogP contribution is 2.45. The van der Waals surface area contributed by atoms with Gasteiger partial charge in [0, 0.05) is 23.2 Å². The fraction of sp³-hybridized carbons (Fsp3) is 0.409. The molecular formula is C22H21F2NO3. The number of carbonyl (C=O) groups excluding carboxylic acids is 1. The molecule has 0 radical (unpaired) electrons. The zero-order chi connectivity index (χ0) is 19.3. The van der Waals surface area contributed by atoms with Gasteiger partial charge in [-0.1, -0.05) is 6.07 Å². The molecule has 1 amide bonds. The minimum atomic E-state index is -0.490. The highest BCUT2D eigenvalue weighted by Gasteiger charge is 2.44. The van der Waals surface area contributed by atoms with Crippen LogP contribution in [0.2, 0.25) is 0 Å². The van der Waals surface area contributed by atoms with Crippen molar-refractivity contribution in [1.82, 2.24) is 4.90 Å². The summed E-state index contributed by atoms with van der Waals surface area (Å²) in [6.07, 6.45) is 2.91. The quantitative estimate of drug-likeness (QED) is 0.774. The molecule has 5 rings (SSSR count). The molecule has 1 unspecified atom stereocenters. The summed E-state index contributed by atoms with van der Waals surface area (Å²) in [5.41, 5.74) is 0.738. The Bertz CT molecular complexity index is 898. The first-order valence-electron chi connectivity index (χ1n) is 9.78. The number of hydrogen-bond acceptors (Lipinski definition) is 3. The van der Waals surface area contributed by atoms with Crippen LogP contribution in [0.3, 0.4) is 0 Å². The van der Waals surface area contributed by atoms with Gasteiger partial charge in [0.15, 0.2) is 11.5 Å². The molecule has 0 aromatic heterocycles. The van der Waals surface area contributed by atoms with Crippen LogP contribution in [-0.2, 0) is 0 Å². The van der Waals surface area contributed by atoms with E-state index in [1.54, 1.807) is 18.2 Å². The van der Waals surface area contributed by atoms with Crippen LogP contribution < -0.4 is 9.47 Å². The van der Waals surface area contributed by atoms with Crippen molar-refractivity contribution in [2.45, 2.75) is 43.7 Å². The van der Waals surface area contributed by atoms with Gasteiger partial charge in [-0.3, -0.25) is 4.79 Å². The predicted octanol–water partition coefficient (Wildman–Crippen LogP) is 4.29. The van der Waals surface area contributed by atoms with E-state index in [0.717, 1.165) is 12.8 Å². The Labute approximate surface area is 162 Å². The van der Waals surface area contributed by atoms with Gasteiger partial charge in [-0.15, -0.1) is 0 Å². The summed E-state index contributed by atoms with van der Waals surface area (Å²) in [6.45, 7) is 0.972. The third kappa shape index (κ3) is 2.82. The largest absolute Gasteiger partial charge is 0.486 e. The van der Waals surface area contributed by atoms with Gasteiger partial charge in [0.05, 0.1) is 0 Å². The van der Waals surface area contributed by atoms with Crippen molar-refractivity contribution in [3.05, 3.63) is 59.2 Å². The number of amides is 1. The van der Waals surface area contributed by atoms with Gasteiger partial charge in [-0.25, -0.2) is 8.78 Å². The van der Waals surface area contributed by atoms with Crippen molar-refractivity contribution in [1.29, 1.82) is 0 Å². The number of ether oxygens (including phenoxy) is 2. The molecule has 6 heteroatoms. The second-order valence-corrected chi connectivity index (χ2v) is 7.76. The first kappa shape index (κ1) is 17.5. The molecule has 0 saturated carbocycles. The molecular weight excluding hydrogens is 364 g/mol. The van der Waals surface area contributed by atoms with E-state index < -0.39 is 11.6 Å². The van der Waals surface area contributed by atoms with Gasteiger partial charge < -0.3 is 14.4 Å². The van der Waals surface area contributed by atoms with Gasteiger partial charge in [0.1, 0.15) is 24.8 Å². The fourth-order valence-electron chi connectivity index (χ4n) is 4.97. The zero-order valence-corrected chi connectivity index (χ0v) is 15.4. The van der Waals surface area contributed by atoms with Crippen LogP contribution in [-0.4, -0.2) is 36.1 Å². The van der Waals surface area contributed by atoms with Gasteiger partial charge >= 0.3 is 0 Å². The molecule has 2 aromatic carbocycles. The summed E-state index contributed by atoms with van der Waals surface area (Å²) >= 11 is 0. The Balaban J connectivity index is 1.39. The average Bonchev–Trinajstić information content (AvgIpc) is 2.97. The molecule has 0 N–H and O–H groups in total. The van der Waals surface area contributed by atoms with E-state index in [2.05, 4.69) is 0 Å². The number of halogens is 2. The molecule has 4 nitrogen and oxygen atoms in total. The maximum absolute atomic E-state index is 14.2. The van der Waals surface area contributed by atoms with Gasteiger partial charge in [0.2, 0.25) is 0 Å². The number of hydrogen-bond donors (Lipinski definition) is 0. The van der Waals surface area contributed by atoms with E-state index in [4.69, 9.17) is 9.47 Å². The topological polar surface area (TPSA) is 38.8 Å². The Morgan fingerprint density at radius 2 is 1.57 bits per heavy atom. The smallest absolute Gasteiger partial charge is 0.254 e. The molecule has 0 aliphatic carbocycles. The van der Waals surface area contributed by atoms with E-state index in [0.29, 0.717) is 43.1 Å². The highest BCUT2D eigenvalue weighted by atomic mass is 19.1. The Morgan fingerprint density at radius 1 is 0.929 bits per heavy atom. The van der Waals surface area contributed by atoms with Crippen LogP contribution >= 0.6 is 0 Å². The lowest BCUT2D eigenvalue weighted by Crippen LogP contribution is -2.46. The monoisotopic (exact) mass is 385 g/mol. The van der Waals surface area contributed by atoms with Crippen LogP contribution in [0.1, 0.15) is 47.5 Å². The Morgan fingerprint density at radius 3 is 2.25 bits per heavy atom. The normalized spacial score (nSPS) is 25.6. The Hall–Kier alpha value is -2.63. The zero-order valence-electron chi connectivity index (χ0n) is 15.4. The summed E-state index contributed by atoms with van der Waals surface area (Å²) in [4.78, 5) is 15.1. The van der Waals surface area contributed by atoms with Crippen LogP contribution in [0.4, 0.5) is 8.78 Å². The molecule has 2 aromatic rings. The summed E-state index contributed by atoms with van der Waals surface area (Å²) in [7, 11) is 0. The van der Waals surface area contributed by atoms with Crippen molar-refractivity contribution in [2.24, 2.45) is 0 Å². The first-order chi connectivity index (χ1) is 13.6. The lowest BCUT2D eigenvalue weighted by Gasteiger charge is -2.39. The van der Waals surface area contributed by atoms with E-state index in [1.807, 2.05) is 4.90 Å². The number of nitrogens with zero attached hydrogens (tertiary/aromatic N) is 1. The second-order valence-electron chi connectivity index (χ2n) is 7.76. The number of carbonyl (C=O) groups is 1. The summed E-state index contributed by atoms with van der Waals surface area (Å²) in [5, 5.41) is 0. The van der Waals surface area contributed by atoms with E-state index >= 15 is 0 Å². The summed E-state index contributed by atoms with van der Waals surface area (Å²) in [5.74, 6) is 0.0271. The Kier molecular flexibility index (Phi) is 4.22.